The Balaban J connectivity index is 2.57. The minimum atomic E-state index is 0.262. The molecule has 0 saturated carbocycles. The minimum Gasteiger partial charge on any atom is -0.497 e. The van der Waals surface area contributed by atoms with E-state index in [2.05, 4.69) is 13.0 Å². The van der Waals surface area contributed by atoms with Crippen LogP contribution in [0.15, 0.2) is 29.8 Å². The Kier molecular flexibility index (Phi) is 7.04. The molecule has 1 aromatic carbocycles. The van der Waals surface area contributed by atoms with Crippen molar-refractivity contribution in [3.8, 4) is 11.5 Å². The normalized spacial score (nSPS) is 11.5. The molecular formula is C16H24O3. The molecule has 1 N–H and O–H groups in total. The smallest absolute Gasteiger partial charge is 0.122 e. The summed E-state index contributed by atoms with van der Waals surface area (Å²) >= 11 is 0. The summed E-state index contributed by atoms with van der Waals surface area (Å²) in [6, 6.07) is 5.96. The predicted octanol–water partition coefficient (Wildman–Crippen LogP) is 3.36. The second-order valence-corrected chi connectivity index (χ2v) is 4.64. The van der Waals surface area contributed by atoms with E-state index >= 15 is 0 Å². The molecule has 0 radical (unpaired) electrons. The van der Waals surface area contributed by atoms with Crippen molar-refractivity contribution in [2.75, 3.05) is 20.8 Å². The van der Waals surface area contributed by atoms with Crippen LogP contribution in [-0.4, -0.2) is 25.9 Å². The van der Waals surface area contributed by atoms with Crippen LogP contribution in [0.25, 0.3) is 0 Å². The maximum Gasteiger partial charge on any atom is 0.122 e. The summed E-state index contributed by atoms with van der Waals surface area (Å²) in [6.07, 6.45) is 6.01. The Hall–Kier alpha value is -1.48. The first-order valence-corrected chi connectivity index (χ1v) is 6.68. The van der Waals surface area contributed by atoms with Crippen molar-refractivity contribution in [2.24, 2.45) is 0 Å². The molecule has 0 unspecified atom stereocenters. The first-order valence-electron chi connectivity index (χ1n) is 6.68. The van der Waals surface area contributed by atoms with Crippen LogP contribution in [0.4, 0.5) is 0 Å². The van der Waals surface area contributed by atoms with E-state index in [9.17, 15) is 0 Å². The van der Waals surface area contributed by atoms with Crippen molar-refractivity contribution in [2.45, 2.75) is 32.6 Å². The number of hydrogen-bond donors (Lipinski definition) is 1. The van der Waals surface area contributed by atoms with E-state index in [4.69, 9.17) is 14.6 Å². The predicted molar refractivity (Wildman–Crippen MR) is 77.9 cm³/mol. The lowest BCUT2D eigenvalue weighted by atomic mass is 10.1. The largest absolute Gasteiger partial charge is 0.497 e. The average molecular weight is 264 g/mol. The molecule has 3 nitrogen and oxygen atoms in total. The van der Waals surface area contributed by atoms with Crippen LogP contribution >= 0.6 is 0 Å². The van der Waals surface area contributed by atoms with Crippen LogP contribution < -0.4 is 9.47 Å². The lowest BCUT2D eigenvalue weighted by Gasteiger charge is -2.08. The number of rotatable bonds is 8. The van der Waals surface area contributed by atoms with Crippen LogP contribution in [0.2, 0.25) is 0 Å². The number of aliphatic hydroxyl groups is 1. The van der Waals surface area contributed by atoms with Gasteiger partial charge >= 0.3 is 0 Å². The third-order valence-corrected chi connectivity index (χ3v) is 3.07. The standard InChI is InChI=1S/C16H24O3/c1-13(7-5-9-17)6-4-8-14-10-15(18-2)12-16(11-14)19-3/h6,10-12,17H,4-5,7-9H2,1-3H3/b13-6+. The van der Waals surface area contributed by atoms with Gasteiger partial charge in [-0.1, -0.05) is 11.6 Å². The van der Waals surface area contributed by atoms with Gasteiger partial charge < -0.3 is 14.6 Å². The molecular weight excluding hydrogens is 240 g/mol. The number of methoxy groups -OCH3 is 2. The van der Waals surface area contributed by atoms with Gasteiger partial charge in [-0.15, -0.1) is 0 Å². The average Bonchev–Trinajstić information content (AvgIpc) is 2.44. The lowest BCUT2D eigenvalue weighted by Crippen LogP contribution is -1.91. The van der Waals surface area contributed by atoms with Gasteiger partial charge in [-0.25, -0.2) is 0 Å². The number of ether oxygens (including phenoxy) is 2. The molecule has 0 heterocycles. The molecule has 0 aliphatic rings. The quantitative estimate of drug-likeness (QED) is 0.732. The Labute approximate surface area is 115 Å². The summed E-state index contributed by atoms with van der Waals surface area (Å²) in [5, 5.41) is 8.78. The van der Waals surface area contributed by atoms with Gasteiger partial charge in [-0.05, 0) is 50.3 Å². The van der Waals surface area contributed by atoms with Gasteiger partial charge in [0.1, 0.15) is 11.5 Å². The van der Waals surface area contributed by atoms with Crippen molar-refractivity contribution in [1.29, 1.82) is 0 Å². The molecule has 3 heteroatoms. The molecule has 1 rings (SSSR count). The maximum atomic E-state index is 8.78. The fourth-order valence-electron chi connectivity index (χ4n) is 1.96. The Morgan fingerprint density at radius 3 is 2.32 bits per heavy atom. The van der Waals surface area contributed by atoms with E-state index in [1.807, 2.05) is 18.2 Å². The highest BCUT2D eigenvalue weighted by atomic mass is 16.5. The molecule has 0 amide bonds. The summed E-state index contributed by atoms with van der Waals surface area (Å²) < 4.78 is 10.5. The molecule has 0 saturated heterocycles. The molecule has 0 atom stereocenters. The zero-order valence-corrected chi connectivity index (χ0v) is 12.1. The SMILES string of the molecule is COc1cc(CC/C=C(\C)CCCO)cc(OC)c1. The third kappa shape index (κ3) is 5.79. The van der Waals surface area contributed by atoms with Crippen LogP contribution in [0.5, 0.6) is 11.5 Å². The molecule has 0 aromatic heterocycles. The van der Waals surface area contributed by atoms with E-state index in [1.54, 1.807) is 14.2 Å². The first kappa shape index (κ1) is 15.6. The zero-order chi connectivity index (χ0) is 14.1. The molecule has 1 aromatic rings. The van der Waals surface area contributed by atoms with Crippen LogP contribution in [0, 0.1) is 0 Å². The lowest BCUT2D eigenvalue weighted by molar-refractivity contribution is 0.288. The minimum absolute atomic E-state index is 0.262. The Bertz CT molecular complexity index is 388. The topological polar surface area (TPSA) is 38.7 Å². The van der Waals surface area contributed by atoms with Crippen LogP contribution in [-0.2, 0) is 6.42 Å². The Morgan fingerprint density at radius 1 is 1.16 bits per heavy atom. The van der Waals surface area contributed by atoms with Crippen molar-refractivity contribution >= 4 is 0 Å². The van der Waals surface area contributed by atoms with Gasteiger partial charge in [0.25, 0.3) is 0 Å². The van der Waals surface area contributed by atoms with Gasteiger partial charge in [-0.3, -0.25) is 0 Å². The number of aryl methyl sites for hydroxylation is 1. The number of aliphatic hydroxyl groups excluding tert-OH is 1. The summed E-state index contributed by atoms with van der Waals surface area (Å²) in [4.78, 5) is 0. The highest BCUT2D eigenvalue weighted by Gasteiger charge is 2.01. The van der Waals surface area contributed by atoms with Crippen molar-refractivity contribution in [1.82, 2.24) is 0 Å². The van der Waals surface area contributed by atoms with Crippen LogP contribution in [0.3, 0.4) is 0 Å². The highest BCUT2D eigenvalue weighted by molar-refractivity contribution is 5.38. The second kappa shape index (κ2) is 8.59. The van der Waals surface area contributed by atoms with E-state index in [1.165, 1.54) is 11.1 Å². The van der Waals surface area contributed by atoms with Gasteiger partial charge in [-0.2, -0.15) is 0 Å². The summed E-state index contributed by atoms with van der Waals surface area (Å²) in [5.41, 5.74) is 2.55. The van der Waals surface area contributed by atoms with Gasteiger partial charge in [0.2, 0.25) is 0 Å². The second-order valence-electron chi connectivity index (χ2n) is 4.64. The Morgan fingerprint density at radius 2 is 1.79 bits per heavy atom. The molecule has 0 bridgehead atoms. The molecule has 0 fully saturated rings. The molecule has 0 spiro atoms. The van der Waals surface area contributed by atoms with E-state index in [-0.39, 0.29) is 6.61 Å². The highest BCUT2D eigenvalue weighted by Crippen LogP contribution is 2.23. The fourth-order valence-corrected chi connectivity index (χ4v) is 1.96. The fraction of sp³-hybridized carbons (Fsp3) is 0.500. The van der Waals surface area contributed by atoms with Crippen molar-refractivity contribution < 1.29 is 14.6 Å². The summed E-state index contributed by atoms with van der Waals surface area (Å²) in [6.45, 7) is 2.38. The maximum absolute atomic E-state index is 8.78. The van der Waals surface area contributed by atoms with Gasteiger partial charge in [0.15, 0.2) is 0 Å². The summed E-state index contributed by atoms with van der Waals surface area (Å²) in [5.74, 6) is 1.66. The number of benzene rings is 1. The van der Waals surface area contributed by atoms with E-state index in [0.717, 1.165) is 37.2 Å². The van der Waals surface area contributed by atoms with Gasteiger partial charge in [0, 0.05) is 12.7 Å². The first-order chi connectivity index (χ1) is 9.19. The molecule has 0 aliphatic heterocycles. The van der Waals surface area contributed by atoms with E-state index in [0.29, 0.717) is 0 Å². The van der Waals surface area contributed by atoms with Gasteiger partial charge in [0.05, 0.1) is 14.2 Å². The molecule has 106 valence electrons. The summed E-state index contributed by atoms with van der Waals surface area (Å²) in [7, 11) is 3.33. The van der Waals surface area contributed by atoms with Crippen LogP contribution in [0.1, 0.15) is 31.7 Å². The number of allylic oxidation sites excluding steroid dienone is 2. The number of hydrogen-bond acceptors (Lipinski definition) is 3. The van der Waals surface area contributed by atoms with Crippen molar-refractivity contribution in [3.05, 3.63) is 35.4 Å². The molecule has 19 heavy (non-hydrogen) atoms. The van der Waals surface area contributed by atoms with E-state index < -0.39 is 0 Å². The zero-order valence-electron chi connectivity index (χ0n) is 12.1. The monoisotopic (exact) mass is 264 g/mol. The van der Waals surface area contributed by atoms with Crippen molar-refractivity contribution in [3.63, 3.8) is 0 Å². The molecule has 0 aliphatic carbocycles. The third-order valence-electron chi connectivity index (χ3n) is 3.07.